The van der Waals surface area contributed by atoms with Crippen LogP contribution in [0, 0.1) is 0 Å². The third kappa shape index (κ3) is 1.16. The molecule has 80 valence electrons. The minimum absolute atomic E-state index is 0.439. The number of benzene rings is 1. The quantitative estimate of drug-likeness (QED) is 0.675. The molecule has 0 aliphatic rings. The van der Waals surface area contributed by atoms with Gasteiger partial charge >= 0.3 is 5.76 Å². The van der Waals surface area contributed by atoms with Gasteiger partial charge in [0.25, 0.3) is 0 Å². The number of pyridine rings is 1. The summed E-state index contributed by atoms with van der Waals surface area (Å²) in [6.45, 7) is 2.08. The van der Waals surface area contributed by atoms with Gasteiger partial charge in [-0.05, 0) is 18.1 Å². The van der Waals surface area contributed by atoms with Gasteiger partial charge in [0.05, 0.1) is 11.7 Å². The summed E-state index contributed by atoms with van der Waals surface area (Å²) in [5, 5.41) is 0.884. The normalized spacial score (nSPS) is 11.3. The maximum absolute atomic E-state index is 11.1. The summed E-state index contributed by atoms with van der Waals surface area (Å²) in [5.41, 5.74) is 3.29. The van der Waals surface area contributed by atoms with Gasteiger partial charge in [-0.2, -0.15) is 0 Å². The first-order chi connectivity index (χ1) is 7.79. The predicted molar refractivity (Wildman–Crippen MR) is 61.5 cm³/mol. The molecule has 4 nitrogen and oxygen atoms in total. The summed E-state index contributed by atoms with van der Waals surface area (Å²) < 4.78 is 5.13. The Hall–Kier alpha value is -2.10. The highest BCUT2D eigenvalue weighted by Gasteiger charge is 2.08. The van der Waals surface area contributed by atoms with E-state index in [1.54, 1.807) is 6.20 Å². The smallest absolute Gasteiger partial charge is 0.407 e. The van der Waals surface area contributed by atoms with E-state index in [0.717, 1.165) is 22.9 Å². The lowest BCUT2D eigenvalue weighted by molar-refractivity contribution is 0.558. The maximum Gasteiger partial charge on any atom is 0.417 e. The van der Waals surface area contributed by atoms with Crippen LogP contribution in [0.1, 0.15) is 12.5 Å². The molecule has 1 aromatic carbocycles. The zero-order valence-electron chi connectivity index (χ0n) is 8.78. The number of hydrogen-bond donors (Lipinski definition) is 1. The first-order valence-corrected chi connectivity index (χ1v) is 5.19. The average molecular weight is 214 g/mol. The van der Waals surface area contributed by atoms with E-state index in [0.29, 0.717) is 11.1 Å². The van der Waals surface area contributed by atoms with Gasteiger partial charge in [-0.15, -0.1) is 0 Å². The van der Waals surface area contributed by atoms with Crippen LogP contribution in [0.3, 0.4) is 0 Å². The van der Waals surface area contributed by atoms with Crippen LogP contribution in [-0.2, 0) is 6.42 Å². The number of rotatable bonds is 1. The van der Waals surface area contributed by atoms with Crippen molar-refractivity contribution in [3.8, 4) is 0 Å². The molecule has 0 aliphatic heterocycles. The van der Waals surface area contributed by atoms with E-state index in [1.807, 2.05) is 18.2 Å². The van der Waals surface area contributed by atoms with Gasteiger partial charge in [-0.1, -0.05) is 19.1 Å². The van der Waals surface area contributed by atoms with Crippen molar-refractivity contribution in [1.29, 1.82) is 0 Å². The molecule has 0 radical (unpaired) electrons. The summed E-state index contributed by atoms with van der Waals surface area (Å²) in [6.07, 6.45) is 2.55. The van der Waals surface area contributed by atoms with Crippen molar-refractivity contribution in [1.82, 2.24) is 9.97 Å². The van der Waals surface area contributed by atoms with E-state index in [4.69, 9.17) is 4.42 Å². The lowest BCUT2D eigenvalue weighted by Gasteiger charge is -2.02. The van der Waals surface area contributed by atoms with Crippen LogP contribution in [0.15, 0.2) is 33.6 Å². The third-order valence-corrected chi connectivity index (χ3v) is 2.74. The van der Waals surface area contributed by atoms with Crippen LogP contribution in [0.2, 0.25) is 0 Å². The summed E-state index contributed by atoms with van der Waals surface area (Å²) in [6, 6.07) is 5.90. The molecule has 4 heteroatoms. The van der Waals surface area contributed by atoms with Crippen LogP contribution in [0.25, 0.3) is 22.0 Å². The summed E-state index contributed by atoms with van der Waals surface area (Å²) in [4.78, 5) is 18.1. The van der Waals surface area contributed by atoms with Gasteiger partial charge in [0, 0.05) is 5.39 Å². The minimum atomic E-state index is -0.439. The number of nitrogens with zero attached hydrogens (tertiary/aromatic N) is 1. The van der Waals surface area contributed by atoms with Gasteiger partial charge in [0.15, 0.2) is 5.58 Å². The number of H-pyrrole nitrogens is 1. The van der Waals surface area contributed by atoms with Gasteiger partial charge in [0.1, 0.15) is 5.52 Å². The molecule has 1 N–H and O–H groups in total. The number of fused-ring (bicyclic) bond motifs is 3. The Kier molecular flexibility index (Phi) is 1.83. The minimum Gasteiger partial charge on any atom is -0.407 e. The van der Waals surface area contributed by atoms with Crippen molar-refractivity contribution in [2.45, 2.75) is 13.3 Å². The Bertz CT molecular complexity index is 725. The second kappa shape index (κ2) is 3.20. The summed E-state index contributed by atoms with van der Waals surface area (Å²) in [5.74, 6) is -0.439. The number of hydrogen-bond acceptors (Lipinski definition) is 3. The molecule has 16 heavy (non-hydrogen) atoms. The van der Waals surface area contributed by atoms with E-state index >= 15 is 0 Å². The molecule has 2 aromatic heterocycles. The van der Waals surface area contributed by atoms with Crippen LogP contribution in [0.4, 0.5) is 0 Å². The molecule has 3 rings (SSSR count). The standard InChI is InChI=1S/C12H10N2O2/c1-2-7-4-3-5-8-10(7)13-6-9-11(8)16-12(15)14-9/h3-6H,2H2,1H3,(H,14,15). The highest BCUT2D eigenvalue weighted by molar-refractivity contribution is 6.01. The zero-order valence-corrected chi connectivity index (χ0v) is 8.78. The third-order valence-electron chi connectivity index (χ3n) is 2.74. The lowest BCUT2D eigenvalue weighted by Crippen LogP contribution is -1.92. The van der Waals surface area contributed by atoms with Crippen LogP contribution in [0.5, 0.6) is 0 Å². The molecule has 0 saturated heterocycles. The first kappa shape index (κ1) is 9.15. The van der Waals surface area contributed by atoms with Crippen LogP contribution in [-0.4, -0.2) is 9.97 Å². The monoisotopic (exact) mass is 214 g/mol. The fourth-order valence-corrected chi connectivity index (χ4v) is 1.97. The van der Waals surface area contributed by atoms with Crippen molar-refractivity contribution in [2.24, 2.45) is 0 Å². The van der Waals surface area contributed by atoms with Gasteiger partial charge < -0.3 is 4.42 Å². The number of nitrogens with one attached hydrogen (secondary N) is 1. The average Bonchev–Trinajstić information content (AvgIpc) is 2.69. The molecule has 0 atom stereocenters. The first-order valence-electron chi connectivity index (χ1n) is 5.19. The Balaban J connectivity index is 2.56. The van der Waals surface area contributed by atoms with Gasteiger partial charge in [0.2, 0.25) is 0 Å². The van der Waals surface area contributed by atoms with Gasteiger partial charge in [-0.3, -0.25) is 9.97 Å². The Morgan fingerprint density at radius 2 is 2.31 bits per heavy atom. The number of aromatic amines is 1. The number of oxazole rings is 1. The maximum atomic E-state index is 11.1. The lowest BCUT2D eigenvalue weighted by atomic mass is 10.1. The Labute approximate surface area is 90.9 Å². The van der Waals surface area contributed by atoms with Crippen molar-refractivity contribution < 1.29 is 4.42 Å². The van der Waals surface area contributed by atoms with Crippen molar-refractivity contribution in [3.05, 3.63) is 40.5 Å². The molecule has 0 bridgehead atoms. The SMILES string of the molecule is CCc1cccc2c1ncc1[nH]c(=O)oc12. The highest BCUT2D eigenvalue weighted by atomic mass is 16.4. The highest BCUT2D eigenvalue weighted by Crippen LogP contribution is 2.23. The van der Waals surface area contributed by atoms with E-state index in [-0.39, 0.29) is 0 Å². The molecular weight excluding hydrogens is 204 g/mol. The second-order valence-corrected chi connectivity index (χ2v) is 3.68. The predicted octanol–water partition coefficient (Wildman–Crippen LogP) is 2.23. The molecule has 0 aliphatic carbocycles. The second-order valence-electron chi connectivity index (χ2n) is 3.68. The van der Waals surface area contributed by atoms with Crippen LogP contribution >= 0.6 is 0 Å². The Morgan fingerprint density at radius 1 is 1.44 bits per heavy atom. The molecule has 0 saturated carbocycles. The largest absolute Gasteiger partial charge is 0.417 e. The van der Waals surface area contributed by atoms with Crippen LogP contribution < -0.4 is 5.76 Å². The van der Waals surface area contributed by atoms with Gasteiger partial charge in [-0.25, -0.2) is 4.79 Å². The molecule has 0 unspecified atom stereocenters. The topological polar surface area (TPSA) is 58.9 Å². The molecule has 2 heterocycles. The van der Waals surface area contributed by atoms with E-state index in [9.17, 15) is 4.79 Å². The van der Waals surface area contributed by atoms with E-state index in [2.05, 4.69) is 16.9 Å². The fourth-order valence-electron chi connectivity index (χ4n) is 1.97. The number of para-hydroxylation sites is 1. The zero-order chi connectivity index (χ0) is 11.1. The summed E-state index contributed by atoms with van der Waals surface area (Å²) >= 11 is 0. The van der Waals surface area contributed by atoms with Crippen molar-refractivity contribution in [3.63, 3.8) is 0 Å². The van der Waals surface area contributed by atoms with Crippen molar-refractivity contribution in [2.75, 3.05) is 0 Å². The van der Waals surface area contributed by atoms with Crippen molar-refractivity contribution >= 4 is 22.0 Å². The number of aromatic nitrogens is 2. The Morgan fingerprint density at radius 3 is 3.12 bits per heavy atom. The van der Waals surface area contributed by atoms with E-state index < -0.39 is 5.76 Å². The summed E-state index contributed by atoms with van der Waals surface area (Å²) in [7, 11) is 0. The fraction of sp³-hybridized carbons (Fsp3) is 0.167. The molecule has 0 amide bonds. The molecular formula is C12H10N2O2. The number of aryl methyl sites for hydroxylation is 1. The molecule has 0 fully saturated rings. The van der Waals surface area contributed by atoms with E-state index in [1.165, 1.54) is 0 Å². The molecule has 0 spiro atoms. The molecule has 3 aromatic rings.